The Labute approximate surface area is 220 Å². The van der Waals surface area contributed by atoms with Gasteiger partial charge in [-0.2, -0.15) is 0 Å². The molecule has 10 nitrogen and oxygen atoms in total. The van der Waals surface area contributed by atoms with Gasteiger partial charge >= 0.3 is 12.0 Å². The summed E-state index contributed by atoms with van der Waals surface area (Å²) in [6.45, 7) is 5.21. The molecule has 0 bridgehead atoms. The molecule has 0 aromatic heterocycles. The number of carboxylic acids is 1. The monoisotopic (exact) mass is 548 g/mol. The summed E-state index contributed by atoms with van der Waals surface area (Å²) >= 11 is 1.11. The summed E-state index contributed by atoms with van der Waals surface area (Å²) in [6.07, 6.45) is 0. The first-order valence-electron chi connectivity index (χ1n) is 11.7. The maximum absolute atomic E-state index is 13.7. The molecule has 1 heterocycles. The van der Waals surface area contributed by atoms with Gasteiger partial charge < -0.3 is 21.1 Å². The van der Waals surface area contributed by atoms with Gasteiger partial charge in [0, 0.05) is 17.7 Å². The lowest BCUT2D eigenvalue weighted by Crippen LogP contribution is -2.60. The number of rotatable bonds is 9. The molecule has 3 amide bonds. The van der Waals surface area contributed by atoms with Crippen molar-refractivity contribution in [1.82, 2.24) is 21.3 Å². The molecule has 0 saturated carbocycles. The highest BCUT2D eigenvalue weighted by atomic mass is 32.3. The van der Waals surface area contributed by atoms with E-state index in [2.05, 4.69) is 21.3 Å². The maximum Gasteiger partial charge on any atom is 0.328 e. The fourth-order valence-corrected chi connectivity index (χ4v) is 8.28. The molecule has 0 aliphatic carbocycles. The zero-order valence-corrected chi connectivity index (χ0v) is 22.5. The van der Waals surface area contributed by atoms with Crippen LogP contribution in [-0.2, 0) is 26.0 Å². The second-order valence-corrected chi connectivity index (χ2v) is 13.2. The molecule has 12 heteroatoms. The first-order chi connectivity index (χ1) is 17.4. The Balaban J connectivity index is 1.65. The zero-order chi connectivity index (χ0) is 27.3. The zero-order valence-electron chi connectivity index (χ0n) is 20.9. The largest absolute Gasteiger partial charge is 0.480 e. The predicted octanol–water partition coefficient (Wildman–Crippen LogP) is 1.93. The molecule has 1 aliphatic heterocycles. The molecule has 1 aliphatic rings. The number of sulfone groups is 1. The number of hydrogen-bond donors (Lipinski definition) is 5. The minimum Gasteiger partial charge on any atom is -0.480 e. The molecule has 2 aromatic rings. The van der Waals surface area contributed by atoms with Crippen LogP contribution < -0.4 is 21.3 Å². The highest BCUT2D eigenvalue weighted by Crippen LogP contribution is 2.50. The number of carbonyl (C=O) groups is 3. The van der Waals surface area contributed by atoms with E-state index in [0.29, 0.717) is 0 Å². The van der Waals surface area contributed by atoms with E-state index in [-0.39, 0.29) is 23.7 Å². The lowest BCUT2D eigenvalue weighted by Gasteiger charge is -2.40. The summed E-state index contributed by atoms with van der Waals surface area (Å²) in [5.41, 5.74) is 0.0599. The summed E-state index contributed by atoms with van der Waals surface area (Å²) in [5.74, 6) is -1.88. The van der Waals surface area contributed by atoms with E-state index in [1.165, 1.54) is 12.1 Å². The third kappa shape index (κ3) is 6.43. The standard InChI is InChI=1S/C25H32N4O6S2/c1-24(2,3)25(37(34,35)18-12-8-5-9-13-18)29-20(16-36-25)21(30)28-19(22(31)32)15-27-23(33)26-14-17-10-6-4-7-11-17/h4-13,19-20,29H,14-16H2,1-3H3,(H,28,30)(H,31,32)(H2,26,27,33). The maximum atomic E-state index is 13.7. The summed E-state index contributed by atoms with van der Waals surface area (Å²) in [5, 5.41) is 20.1. The molecule has 0 radical (unpaired) electrons. The van der Waals surface area contributed by atoms with Crippen LogP contribution in [0.15, 0.2) is 65.6 Å². The van der Waals surface area contributed by atoms with E-state index in [0.717, 1.165) is 17.3 Å². The van der Waals surface area contributed by atoms with Crippen LogP contribution in [0.3, 0.4) is 0 Å². The Morgan fingerprint density at radius 2 is 1.65 bits per heavy atom. The molecular formula is C25H32N4O6S2. The first kappa shape index (κ1) is 28.5. The predicted molar refractivity (Wildman–Crippen MR) is 141 cm³/mol. The van der Waals surface area contributed by atoms with E-state index in [9.17, 15) is 27.9 Å². The number of thioether (sulfide) groups is 1. The van der Waals surface area contributed by atoms with Crippen LogP contribution in [0.1, 0.15) is 26.3 Å². The van der Waals surface area contributed by atoms with E-state index in [1.807, 2.05) is 30.3 Å². The lowest BCUT2D eigenvalue weighted by atomic mass is 9.95. The van der Waals surface area contributed by atoms with Gasteiger partial charge in [0.2, 0.25) is 15.7 Å². The molecule has 37 heavy (non-hydrogen) atoms. The van der Waals surface area contributed by atoms with Crippen LogP contribution in [0.2, 0.25) is 0 Å². The summed E-state index contributed by atoms with van der Waals surface area (Å²) in [7, 11) is -3.93. The number of carbonyl (C=O) groups excluding carboxylic acids is 2. The Morgan fingerprint density at radius 3 is 2.22 bits per heavy atom. The van der Waals surface area contributed by atoms with Crippen molar-refractivity contribution >= 4 is 39.5 Å². The Morgan fingerprint density at radius 1 is 1.05 bits per heavy atom. The van der Waals surface area contributed by atoms with Crippen molar-refractivity contribution < 1.29 is 27.9 Å². The van der Waals surface area contributed by atoms with Gasteiger partial charge in [-0.25, -0.2) is 18.0 Å². The molecule has 0 spiro atoms. The fraction of sp³-hybridized carbons (Fsp3) is 0.400. The van der Waals surface area contributed by atoms with Crippen molar-refractivity contribution in [2.45, 2.75) is 48.5 Å². The third-order valence-electron chi connectivity index (χ3n) is 5.93. The Bertz CT molecular complexity index is 1220. The molecule has 3 atom stereocenters. The van der Waals surface area contributed by atoms with Gasteiger partial charge in [0.1, 0.15) is 6.04 Å². The van der Waals surface area contributed by atoms with E-state index >= 15 is 0 Å². The van der Waals surface area contributed by atoms with Crippen LogP contribution in [-0.4, -0.2) is 60.0 Å². The first-order valence-corrected chi connectivity index (χ1v) is 14.1. The van der Waals surface area contributed by atoms with Crippen molar-refractivity contribution in [2.24, 2.45) is 5.41 Å². The van der Waals surface area contributed by atoms with Crippen molar-refractivity contribution in [3.8, 4) is 0 Å². The number of amides is 3. The third-order valence-corrected chi connectivity index (χ3v) is 11.0. The van der Waals surface area contributed by atoms with Gasteiger partial charge in [0.25, 0.3) is 0 Å². The average Bonchev–Trinajstić information content (AvgIpc) is 3.34. The number of aliphatic carboxylic acids is 1. The number of carboxylic acid groups (broad SMARTS) is 1. The summed E-state index contributed by atoms with van der Waals surface area (Å²) in [4.78, 5) is 37.0. The SMILES string of the molecule is CC(C)(C)C1(S(=O)(=O)c2ccccc2)NC(C(=O)NC(CNC(=O)NCc2ccccc2)C(=O)O)CS1. The second kappa shape index (κ2) is 11.5. The quantitative estimate of drug-likeness (QED) is 0.319. The number of hydrogen-bond acceptors (Lipinski definition) is 7. The summed E-state index contributed by atoms with van der Waals surface area (Å²) < 4.78 is 25.8. The van der Waals surface area contributed by atoms with E-state index in [1.54, 1.807) is 39.0 Å². The van der Waals surface area contributed by atoms with Crippen LogP contribution >= 0.6 is 11.8 Å². The molecule has 3 unspecified atom stereocenters. The van der Waals surface area contributed by atoms with Crippen molar-refractivity contribution in [2.75, 3.05) is 12.3 Å². The normalized spacial score (nSPS) is 20.6. The molecular weight excluding hydrogens is 516 g/mol. The van der Waals surface area contributed by atoms with Gasteiger partial charge in [0.05, 0.1) is 17.5 Å². The van der Waals surface area contributed by atoms with Crippen LogP contribution in [0.4, 0.5) is 4.79 Å². The number of urea groups is 1. The molecule has 1 saturated heterocycles. The minimum absolute atomic E-state index is 0.118. The highest BCUT2D eigenvalue weighted by Gasteiger charge is 2.59. The highest BCUT2D eigenvalue weighted by molar-refractivity contribution is 8.15. The van der Waals surface area contributed by atoms with E-state index < -0.39 is 49.4 Å². The van der Waals surface area contributed by atoms with Gasteiger partial charge in [-0.05, 0) is 17.7 Å². The van der Waals surface area contributed by atoms with Crippen molar-refractivity contribution in [1.29, 1.82) is 0 Å². The molecule has 2 aromatic carbocycles. The molecule has 1 fully saturated rings. The smallest absolute Gasteiger partial charge is 0.328 e. The Hall–Kier alpha value is -3.09. The van der Waals surface area contributed by atoms with Crippen LogP contribution in [0, 0.1) is 5.41 Å². The van der Waals surface area contributed by atoms with Crippen molar-refractivity contribution in [3.63, 3.8) is 0 Å². The van der Waals surface area contributed by atoms with Gasteiger partial charge in [-0.15, -0.1) is 11.8 Å². The van der Waals surface area contributed by atoms with Crippen LogP contribution in [0.5, 0.6) is 0 Å². The van der Waals surface area contributed by atoms with Crippen LogP contribution in [0.25, 0.3) is 0 Å². The fourth-order valence-electron chi connectivity index (χ4n) is 3.92. The Kier molecular flexibility index (Phi) is 8.88. The molecule has 200 valence electrons. The van der Waals surface area contributed by atoms with Crippen molar-refractivity contribution in [3.05, 3.63) is 66.2 Å². The van der Waals surface area contributed by atoms with E-state index in [4.69, 9.17) is 0 Å². The lowest BCUT2D eigenvalue weighted by molar-refractivity contribution is -0.141. The minimum atomic E-state index is -3.93. The number of benzene rings is 2. The average molecular weight is 549 g/mol. The summed E-state index contributed by atoms with van der Waals surface area (Å²) in [6, 6.07) is 14.2. The topological polar surface area (TPSA) is 154 Å². The van der Waals surface area contributed by atoms with Gasteiger partial charge in [0.15, 0.2) is 4.20 Å². The molecule has 5 N–H and O–H groups in total. The second-order valence-electron chi connectivity index (χ2n) is 9.64. The van der Waals surface area contributed by atoms with Gasteiger partial charge in [-0.1, -0.05) is 69.3 Å². The van der Waals surface area contributed by atoms with Gasteiger partial charge in [-0.3, -0.25) is 10.1 Å². The number of nitrogens with one attached hydrogen (secondary N) is 4. The molecule has 3 rings (SSSR count).